The first-order chi connectivity index (χ1) is 11.2. The summed E-state index contributed by atoms with van der Waals surface area (Å²) in [7, 11) is 0. The zero-order chi connectivity index (χ0) is 18.7. The minimum atomic E-state index is -1.74. The van der Waals surface area contributed by atoms with E-state index in [1.807, 2.05) is 5.32 Å². The van der Waals surface area contributed by atoms with Crippen LogP contribution in [0.5, 0.6) is 0 Å². The maximum atomic E-state index is 11.9. The van der Waals surface area contributed by atoms with Crippen LogP contribution < -0.4 is 5.32 Å². The van der Waals surface area contributed by atoms with Crippen molar-refractivity contribution >= 4 is 29.8 Å². The number of amides is 1. The molecule has 0 saturated heterocycles. The topological polar surface area (TPSA) is 145 Å². The van der Waals surface area contributed by atoms with Crippen LogP contribution in [0.25, 0.3) is 0 Å². The van der Waals surface area contributed by atoms with E-state index in [1.165, 1.54) is 6.92 Å². The fourth-order valence-electron chi connectivity index (χ4n) is 1.70. The van der Waals surface area contributed by atoms with Crippen LogP contribution in [0.15, 0.2) is 0 Å². The molecule has 0 aliphatic rings. The summed E-state index contributed by atoms with van der Waals surface area (Å²) in [6.07, 6.45) is -0.586. The van der Waals surface area contributed by atoms with Crippen LogP contribution in [0.3, 0.4) is 0 Å². The Bertz CT molecular complexity index is 489. The third-order valence-corrected chi connectivity index (χ3v) is 2.67. The summed E-state index contributed by atoms with van der Waals surface area (Å²) in [6.45, 7) is 3.43. The van der Waals surface area contributed by atoms with Gasteiger partial charge in [0.1, 0.15) is 6.04 Å². The Morgan fingerprint density at radius 1 is 1.00 bits per heavy atom. The predicted molar refractivity (Wildman–Crippen MR) is 77.6 cm³/mol. The van der Waals surface area contributed by atoms with E-state index in [-0.39, 0.29) is 13.2 Å². The number of rotatable bonds is 10. The number of esters is 3. The molecular formula is C14H21NO9. The maximum absolute atomic E-state index is 11.9. The Labute approximate surface area is 138 Å². The summed E-state index contributed by atoms with van der Waals surface area (Å²) in [6, 6.07) is -1.74. The summed E-state index contributed by atoms with van der Waals surface area (Å²) in [4.78, 5) is 57.2. The van der Waals surface area contributed by atoms with Gasteiger partial charge in [0.2, 0.25) is 0 Å². The molecule has 0 rings (SSSR count). The van der Waals surface area contributed by atoms with Crippen LogP contribution in [0, 0.1) is 5.92 Å². The zero-order valence-corrected chi connectivity index (χ0v) is 13.7. The van der Waals surface area contributed by atoms with Gasteiger partial charge in [0.05, 0.1) is 25.6 Å². The number of hydrogen-bond donors (Lipinski definition) is 2. The standard InChI is InChI=1S/C14H21NO9/c1-4-22-11(18)6-9(14(21)23-5-2)12(13(19)20)15-10(17)7-24-8(3)16/h9,12H,4-7H2,1-3H3,(H,15,17)(H,19,20)/t9-,12+/m0/s1. The van der Waals surface area contributed by atoms with Gasteiger partial charge in [-0.15, -0.1) is 0 Å². The van der Waals surface area contributed by atoms with Crippen molar-refractivity contribution in [3.05, 3.63) is 0 Å². The van der Waals surface area contributed by atoms with E-state index >= 15 is 0 Å². The predicted octanol–water partition coefficient (Wildman–Crippen LogP) is -0.749. The van der Waals surface area contributed by atoms with Gasteiger partial charge in [0.15, 0.2) is 6.61 Å². The smallest absolute Gasteiger partial charge is 0.327 e. The largest absolute Gasteiger partial charge is 0.480 e. The van der Waals surface area contributed by atoms with Crippen molar-refractivity contribution in [2.45, 2.75) is 33.2 Å². The molecule has 2 N–H and O–H groups in total. The number of aliphatic carboxylic acids is 1. The Morgan fingerprint density at radius 3 is 2.04 bits per heavy atom. The lowest BCUT2D eigenvalue weighted by Crippen LogP contribution is -2.50. The van der Waals surface area contributed by atoms with Gasteiger partial charge in [0.25, 0.3) is 5.91 Å². The first-order valence-corrected chi connectivity index (χ1v) is 7.20. The molecule has 0 heterocycles. The minimum Gasteiger partial charge on any atom is -0.480 e. The van der Waals surface area contributed by atoms with Crippen molar-refractivity contribution in [3.63, 3.8) is 0 Å². The van der Waals surface area contributed by atoms with Gasteiger partial charge < -0.3 is 24.6 Å². The van der Waals surface area contributed by atoms with Gasteiger partial charge in [-0.1, -0.05) is 0 Å². The average Bonchev–Trinajstić information content (AvgIpc) is 2.48. The highest BCUT2D eigenvalue weighted by Crippen LogP contribution is 2.14. The fourth-order valence-corrected chi connectivity index (χ4v) is 1.70. The van der Waals surface area contributed by atoms with Crippen LogP contribution in [-0.2, 0) is 38.2 Å². The van der Waals surface area contributed by atoms with Gasteiger partial charge in [0, 0.05) is 6.92 Å². The molecule has 0 aliphatic carbocycles. The summed E-state index contributed by atoms with van der Waals surface area (Å²) in [5.74, 6) is -6.47. The van der Waals surface area contributed by atoms with Crippen molar-refractivity contribution in [1.29, 1.82) is 0 Å². The normalized spacial score (nSPS) is 12.5. The van der Waals surface area contributed by atoms with Crippen LogP contribution in [0.1, 0.15) is 27.2 Å². The molecule has 24 heavy (non-hydrogen) atoms. The van der Waals surface area contributed by atoms with Gasteiger partial charge in [-0.05, 0) is 13.8 Å². The lowest BCUT2D eigenvalue weighted by Gasteiger charge is -2.22. The molecule has 0 saturated carbocycles. The molecule has 0 aliphatic heterocycles. The van der Waals surface area contributed by atoms with Crippen LogP contribution >= 0.6 is 0 Å². The van der Waals surface area contributed by atoms with E-state index in [0.717, 1.165) is 6.92 Å². The second-order valence-electron chi connectivity index (χ2n) is 4.53. The maximum Gasteiger partial charge on any atom is 0.327 e. The summed E-state index contributed by atoms with van der Waals surface area (Å²) >= 11 is 0. The van der Waals surface area contributed by atoms with E-state index < -0.39 is 54.8 Å². The molecule has 2 atom stereocenters. The molecule has 10 nitrogen and oxygen atoms in total. The van der Waals surface area contributed by atoms with Crippen molar-refractivity contribution in [1.82, 2.24) is 5.32 Å². The van der Waals surface area contributed by atoms with E-state index in [9.17, 15) is 29.1 Å². The van der Waals surface area contributed by atoms with Crippen LogP contribution in [0.2, 0.25) is 0 Å². The fraction of sp³-hybridized carbons (Fsp3) is 0.643. The van der Waals surface area contributed by atoms with Gasteiger partial charge in [-0.2, -0.15) is 0 Å². The second-order valence-corrected chi connectivity index (χ2v) is 4.53. The third kappa shape index (κ3) is 8.11. The Morgan fingerprint density at radius 2 is 1.58 bits per heavy atom. The van der Waals surface area contributed by atoms with Crippen molar-refractivity contribution in [3.8, 4) is 0 Å². The molecule has 136 valence electrons. The molecule has 0 unspecified atom stereocenters. The third-order valence-electron chi connectivity index (χ3n) is 2.67. The first-order valence-electron chi connectivity index (χ1n) is 7.20. The average molecular weight is 347 g/mol. The number of hydrogen-bond acceptors (Lipinski definition) is 8. The molecule has 0 fully saturated rings. The molecule has 1 amide bonds. The molecule has 0 radical (unpaired) electrons. The molecule has 0 aromatic carbocycles. The molecular weight excluding hydrogens is 326 g/mol. The molecule has 0 aromatic heterocycles. The van der Waals surface area contributed by atoms with Gasteiger partial charge >= 0.3 is 23.9 Å². The number of nitrogens with one attached hydrogen (secondary N) is 1. The second kappa shape index (κ2) is 11.0. The monoisotopic (exact) mass is 347 g/mol. The zero-order valence-electron chi connectivity index (χ0n) is 13.7. The van der Waals surface area contributed by atoms with E-state index in [0.29, 0.717) is 0 Å². The number of carbonyl (C=O) groups is 5. The number of carboxylic acids is 1. The van der Waals surface area contributed by atoms with Crippen molar-refractivity contribution in [2.24, 2.45) is 5.92 Å². The van der Waals surface area contributed by atoms with Crippen LogP contribution in [0.4, 0.5) is 0 Å². The highest BCUT2D eigenvalue weighted by Gasteiger charge is 2.38. The van der Waals surface area contributed by atoms with Crippen molar-refractivity contribution in [2.75, 3.05) is 19.8 Å². The molecule has 10 heteroatoms. The van der Waals surface area contributed by atoms with Gasteiger partial charge in [-0.3, -0.25) is 19.2 Å². The van der Waals surface area contributed by atoms with Crippen LogP contribution in [-0.4, -0.2) is 60.8 Å². The Balaban J connectivity index is 5.18. The van der Waals surface area contributed by atoms with Crippen molar-refractivity contribution < 1.29 is 43.3 Å². The number of ether oxygens (including phenoxy) is 3. The minimum absolute atomic E-state index is 0.0358. The summed E-state index contributed by atoms with van der Waals surface area (Å²) in [5, 5.41) is 11.3. The Hall–Kier alpha value is -2.65. The highest BCUT2D eigenvalue weighted by molar-refractivity contribution is 5.91. The quantitative estimate of drug-likeness (QED) is 0.385. The lowest BCUT2D eigenvalue weighted by molar-refractivity contribution is -0.160. The molecule has 0 spiro atoms. The summed E-state index contributed by atoms with van der Waals surface area (Å²) in [5.41, 5.74) is 0. The summed E-state index contributed by atoms with van der Waals surface area (Å²) < 4.78 is 13.9. The van der Waals surface area contributed by atoms with E-state index in [2.05, 4.69) is 4.74 Å². The molecule has 0 aromatic rings. The molecule has 0 bridgehead atoms. The number of carbonyl (C=O) groups excluding carboxylic acids is 4. The van der Waals surface area contributed by atoms with Gasteiger partial charge in [-0.25, -0.2) is 4.79 Å². The highest BCUT2D eigenvalue weighted by atomic mass is 16.5. The lowest BCUT2D eigenvalue weighted by atomic mass is 9.96. The SMILES string of the molecule is CCOC(=O)C[C@H](C(=O)OCC)[C@@H](NC(=O)COC(C)=O)C(=O)O. The Kier molecular flexibility index (Phi) is 9.76. The van der Waals surface area contributed by atoms with E-state index in [4.69, 9.17) is 9.47 Å². The number of carboxylic acid groups (broad SMARTS) is 1. The van der Waals surface area contributed by atoms with E-state index in [1.54, 1.807) is 6.92 Å². The first kappa shape index (κ1) is 21.4.